The van der Waals surface area contributed by atoms with Crippen LogP contribution < -0.4 is 9.04 Å². The highest BCUT2D eigenvalue weighted by Gasteiger charge is 2.31. The van der Waals surface area contributed by atoms with Crippen LogP contribution in [0.2, 0.25) is 0 Å². The van der Waals surface area contributed by atoms with Crippen molar-refractivity contribution in [3.05, 3.63) is 53.3 Å². The number of benzene rings is 2. The van der Waals surface area contributed by atoms with Gasteiger partial charge in [0, 0.05) is 6.07 Å². The molecule has 0 radical (unpaired) electrons. The van der Waals surface area contributed by atoms with E-state index in [2.05, 4.69) is 27.7 Å². The molecule has 146 valence electrons. The van der Waals surface area contributed by atoms with Gasteiger partial charge in [0.15, 0.2) is 0 Å². The number of fused-ring (bicyclic) bond motifs is 1. The van der Waals surface area contributed by atoms with E-state index in [1.165, 1.54) is 22.5 Å². The Morgan fingerprint density at radius 2 is 1.85 bits per heavy atom. The van der Waals surface area contributed by atoms with Crippen LogP contribution in [0.25, 0.3) is 0 Å². The lowest BCUT2D eigenvalue weighted by Gasteiger charge is -2.30. The normalized spacial score (nSPS) is 14.4. The number of hydrogen-bond donors (Lipinski definition) is 0. The van der Waals surface area contributed by atoms with E-state index in [1.807, 2.05) is 6.07 Å². The van der Waals surface area contributed by atoms with Crippen LogP contribution in [-0.4, -0.2) is 21.6 Å². The highest BCUT2D eigenvalue weighted by molar-refractivity contribution is 7.92. The van der Waals surface area contributed by atoms with Crippen LogP contribution in [0.1, 0.15) is 44.7 Å². The molecule has 0 bridgehead atoms. The Balaban J connectivity index is 2.07. The molecule has 6 heteroatoms. The molecule has 0 amide bonds. The Morgan fingerprint density at radius 1 is 1.11 bits per heavy atom. The molecule has 27 heavy (non-hydrogen) atoms. The van der Waals surface area contributed by atoms with Crippen LogP contribution in [0.15, 0.2) is 41.3 Å². The molecule has 4 nitrogen and oxygen atoms in total. The molecular formula is C21H26FNO3S. The highest BCUT2D eigenvalue weighted by Crippen LogP contribution is 2.36. The van der Waals surface area contributed by atoms with Crippen LogP contribution in [-0.2, 0) is 16.4 Å². The van der Waals surface area contributed by atoms with Crippen LogP contribution in [0.3, 0.4) is 0 Å². The van der Waals surface area contributed by atoms with Crippen molar-refractivity contribution in [3.8, 4) is 5.75 Å². The van der Waals surface area contributed by atoms with E-state index < -0.39 is 15.8 Å². The van der Waals surface area contributed by atoms with Crippen molar-refractivity contribution < 1.29 is 17.5 Å². The second-order valence-electron chi connectivity index (χ2n) is 7.65. The number of halogens is 1. The lowest BCUT2D eigenvalue weighted by Crippen LogP contribution is -2.38. The Hall–Kier alpha value is -2.08. The third kappa shape index (κ3) is 3.95. The molecule has 0 fully saturated rings. The third-order valence-corrected chi connectivity index (χ3v) is 6.50. The molecule has 0 spiro atoms. The van der Waals surface area contributed by atoms with E-state index in [0.717, 1.165) is 17.5 Å². The van der Waals surface area contributed by atoms with Crippen molar-refractivity contribution in [2.45, 2.75) is 44.9 Å². The first kappa shape index (κ1) is 19.7. The first-order valence-electron chi connectivity index (χ1n) is 9.28. The lowest BCUT2D eigenvalue weighted by atomic mass is 9.92. The smallest absolute Gasteiger partial charge is 0.264 e. The molecule has 0 saturated carbocycles. The monoisotopic (exact) mass is 391 g/mol. The van der Waals surface area contributed by atoms with Crippen LogP contribution in [0.5, 0.6) is 5.75 Å². The van der Waals surface area contributed by atoms with E-state index >= 15 is 0 Å². The Labute approximate surface area is 161 Å². The first-order chi connectivity index (χ1) is 12.7. The molecule has 1 heterocycles. The summed E-state index contributed by atoms with van der Waals surface area (Å²) in [4.78, 5) is 0.236. The Bertz CT molecular complexity index is 938. The number of ether oxygens (including phenoxy) is 1. The maximum absolute atomic E-state index is 13.7. The molecule has 1 aliphatic heterocycles. The van der Waals surface area contributed by atoms with Gasteiger partial charge in [-0.1, -0.05) is 33.8 Å². The summed E-state index contributed by atoms with van der Waals surface area (Å²) in [5.41, 5.74) is 2.46. The second kappa shape index (κ2) is 7.50. The first-order valence-corrected chi connectivity index (χ1v) is 10.7. The zero-order valence-corrected chi connectivity index (χ0v) is 17.0. The predicted molar refractivity (Wildman–Crippen MR) is 105 cm³/mol. The SMILES string of the molecule is CC(C)Cc1cc(S(=O)(=O)N2CCOc3ccc(F)cc32)ccc1C(C)C. The van der Waals surface area contributed by atoms with E-state index in [9.17, 15) is 12.8 Å². The fraction of sp³-hybridized carbons (Fsp3) is 0.429. The van der Waals surface area contributed by atoms with Gasteiger partial charge in [0.1, 0.15) is 18.2 Å². The standard InChI is InChI=1S/C21H26FNO3S/c1-14(2)11-16-12-18(6-7-19(16)15(3)4)27(24,25)23-9-10-26-21-8-5-17(22)13-20(21)23/h5-8,12-15H,9-11H2,1-4H3. The van der Waals surface area contributed by atoms with E-state index in [0.29, 0.717) is 17.6 Å². The summed E-state index contributed by atoms with van der Waals surface area (Å²) in [5.74, 6) is 0.620. The van der Waals surface area contributed by atoms with Gasteiger partial charge < -0.3 is 4.74 Å². The van der Waals surface area contributed by atoms with Crippen molar-refractivity contribution in [1.82, 2.24) is 0 Å². The summed E-state index contributed by atoms with van der Waals surface area (Å²) in [6.07, 6.45) is 0.811. The third-order valence-electron chi connectivity index (χ3n) is 4.69. The van der Waals surface area contributed by atoms with Gasteiger partial charge in [-0.15, -0.1) is 0 Å². The van der Waals surface area contributed by atoms with Crippen LogP contribution in [0.4, 0.5) is 10.1 Å². The summed E-state index contributed by atoms with van der Waals surface area (Å²) in [7, 11) is -3.81. The maximum Gasteiger partial charge on any atom is 0.264 e. The van der Waals surface area contributed by atoms with E-state index in [-0.39, 0.29) is 23.7 Å². The molecule has 3 rings (SSSR count). The van der Waals surface area contributed by atoms with Crippen LogP contribution in [0, 0.1) is 11.7 Å². The molecule has 0 aliphatic carbocycles. The molecule has 2 aromatic carbocycles. The van der Waals surface area contributed by atoms with Crippen molar-refractivity contribution in [3.63, 3.8) is 0 Å². The second-order valence-corrected chi connectivity index (χ2v) is 9.51. The number of anilines is 1. The van der Waals surface area contributed by atoms with Crippen molar-refractivity contribution >= 4 is 15.7 Å². The number of sulfonamides is 1. The molecule has 0 saturated heterocycles. The average molecular weight is 392 g/mol. The average Bonchev–Trinajstić information content (AvgIpc) is 2.60. The minimum atomic E-state index is -3.81. The summed E-state index contributed by atoms with van der Waals surface area (Å²) < 4.78 is 47.1. The Kier molecular flexibility index (Phi) is 5.47. The summed E-state index contributed by atoms with van der Waals surface area (Å²) in [5, 5.41) is 0. The zero-order chi connectivity index (χ0) is 19.8. The highest BCUT2D eigenvalue weighted by atomic mass is 32.2. The zero-order valence-electron chi connectivity index (χ0n) is 16.2. The van der Waals surface area contributed by atoms with Crippen LogP contribution >= 0.6 is 0 Å². The van der Waals surface area contributed by atoms with E-state index in [4.69, 9.17) is 4.74 Å². The predicted octanol–water partition coefficient (Wildman–Crippen LogP) is 4.74. The van der Waals surface area contributed by atoms with Gasteiger partial charge in [-0.25, -0.2) is 12.8 Å². The van der Waals surface area contributed by atoms with Gasteiger partial charge in [0.2, 0.25) is 0 Å². The molecule has 2 aromatic rings. The molecule has 0 unspecified atom stereocenters. The fourth-order valence-corrected chi connectivity index (χ4v) is 4.97. The molecular weight excluding hydrogens is 365 g/mol. The lowest BCUT2D eigenvalue weighted by molar-refractivity contribution is 0.315. The van der Waals surface area contributed by atoms with E-state index in [1.54, 1.807) is 12.1 Å². The number of rotatable bonds is 5. The number of hydrogen-bond acceptors (Lipinski definition) is 3. The van der Waals surface area contributed by atoms with Gasteiger partial charge in [0.25, 0.3) is 10.0 Å². The van der Waals surface area contributed by atoms with Gasteiger partial charge in [0.05, 0.1) is 17.1 Å². The summed E-state index contributed by atoms with van der Waals surface area (Å²) >= 11 is 0. The van der Waals surface area contributed by atoms with Gasteiger partial charge in [-0.2, -0.15) is 0 Å². The quantitative estimate of drug-likeness (QED) is 0.740. The minimum Gasteiger partial charge on any atom is -0.489 e. The Morgan fingerprint density at radius 3 is 2.52 bits per heavy atom. The van der Waals surface area contributed by atoms with Gasteiger partial charge in [-0.05, 0) is 53.6 Å². The molecule has 0 atom stereocenters. The number of nitrogens with zero attached hydrogens (tertiary/aromatic N) is 1. The maximum atomic E-state index is 13.7. The molecule has 0 aromatic heterocycles. The fourth-order valence-electron chi connectivity index (χ4n) is 3.47. The van der Waals surface area contributed by atoms with Gasteiger partial charge in [-0.3, -0.25) is 4.31 Å². The van der Waals surface area contributed by atoms with Crippen molar-refractivity contribution in [2.75, 3.05) is 17.5 Å². The molecule has 0 N–H and O–H groups in total. The van der Waals surface area contributed by atoms with Gasteiger partial charge >= 0.3 is 0 Å². The van der Waals surface area contributed by atoms with Crippen molar-refractivity contribution in [1.29, 1.82) is 0 Å². The topological polar surface area (TPSA) is 46.6 Å². The minimum absolute atomic E-state index is 0.157. The van der Waals surface area contributed by atoms with Crippen molar-refractivity contribution in [2.24, 2.45) is 5.92 Å². The summed E-state index contributed by atoms with van der Waals surface area (Å²) in [6.45, 7) is 8.84. The molecule has 1 aliphatic rings. The largest absolute Gasteiger partial charge is 0.489 e. The summed E-state index contributed by atoms with van der Waals surface area (Å²) in [6, 6.07) is 9.29.